The second-order valence-electron chi connectivity index (χ2n) is 7.66. The minimum atomic E-state index is -3.56. The molecule has 1 aromatic rings. The van der Waals surface area contributed by atoms with Crippen molar-refractivity contribution in [2.45, 2.75) is 54.8 Å². The van der Waals surface area contributed by atoms with Gasteiger partial charge in [0.25, 0.3) is 10.0 Å². The van der Waals surface area contributed by atoms with Gasteiger partial charge in [-0.25, -0.2) is 8.42 Å². The van der Waals surface area contributed by atoms with Gasteiger partial charge in [-0.2, -0.15) is 4.31 Å². The zero-order chi connectivity index (χ0) is 18.1. The molecule has 8 heteroatoms. The molecule has 1 saturated carbocycles. The van der Waals surface area contributed by atoms with E-state index in [2.05, 4.69) is 5.32 Å². The lowest BCUT2D eigenvalue weighted by molar-refractivity contribution is -0.135. The van der Waals surface area contributed by atoms with E-state index in [1.807, 2.05) is 4.90 Å². The van der Waals surface area contributed by atoms with Crippen LogP contribution in [0.15, 0.2) is 21.7 Å². The number of hydrogen-bond acceptors (Lipinski definition) is 5. The highest BCUT2D eigenvalue weighted by molar-refractivity contribution is 7.91. The first-order valence-corrected chi connectivity index (χ1v) is 11.9. The fourth-order valence-electron chi connectivity index (χ4n) is 3.97. The van der Waals surface area contributed by atoms with Gasteiger partial charge in [-0.05, 0) is 62.4 Å². The van der Waals surface area contributed by atoms with Crippen molar-refractivity contribution in [1.29, 1.82) is 0 Å². The van der Waals surface area contributed by atoms with Gasteiger partial charge in [0.05, 0.1) is 0 Å². The minimum Gasteiger partial charge on any atom is -0.341 e. The van der Waals surface area contributed by atoms with Crippen LogP contribution in [-0.4, -0.2) is 61.8 Å². The van der Waals surface area contributed by atoms with Gasteiger partial charge in [0.2, 0.25) is 5.91 Å². The molecule has 2 aliphatic heterocycles. The maximum Gasteiger partial charge on any atom is 0.253 e. The number of nitrogens with one attached hydrogen (secondary N) is 1. The molecule has 144 valence electrons. The van der Waals surface area contributed by atoms with Gasteiger partial charge in [0.1, 0.15) is 10.3 Å². The first kappa shape index (κ1) is 18.4. The predicted molar refractivity (Wildman–Crippen MR) is 102 cm³/mol. The monoisotopic (exact) mass is 397 g/mol. The molecule has 1 aromatic heterocycles. The Kier molecular flexibility index (Phi) is 5.36. The number of carbonyl (C=O) groups is 1. The van der Waals surface area contributed by atoms with Crippen molar-refractivity contribution in [1.82, 2.24) is 14.5 Å². The first-order chi connectivity index (χ1) is 12.6. The molecule has 0 aromatic carbocycles. The standard InChI is InChI=1S/C18H27N3O3S2/c22-18(20-10-7-15(8-11-20)19-13-14-5-6-14)16-3-1-9-21(16)26(23,24)17-4-2-12-25-17/h2,4,12,14-16,19H,1,3,5-11,13H2. The molecule has 3 aliphatic rings. The average molecular weight is 398 g/mol. The van der Waals surface area contributed by atoms with Crippen LogP contribution in [0.2, 0.25) is 0 Å². The maximum absolute atomic E-state index is 13.0. The van der Waals surface area contributed by atoms with E-state index in [9.17, 15) is 13.2 Å². The van der Waals surface area contributed by atoms with Gasteiger partial charge in [-0.15, -0.1) is 11.3 Å². The first-order valence-electron chi connectivity index (χ1n) is 9.63. The number of likely N-dealkylation sites (tertiary alicyclic amines) is 1. The second-order valence-corrected chi connectivity index (χ2v) is 10.7. The second kappa shape index (κ2) is 7.58. The van der Waals surface area contributed by atoms with Crippen LogP contribution >= 0.6 is 11.3 Å². The summed E-state index contributed by atoms with van der Waals surface area (Å²) >= 11 is 1.22. The summed E-state index contributed by atoms with van der Waals surface area (Å²) < 4.78 is 27.5. The third-order valence-electron chi connectivity index (χ3n) is 5.75. The highest BCUT2D eigenvalue weighted by Crippen LogP contribution is 2.30. The van der Waals surface area contributed by atoms with Crippen molar-refractivity contribution in [3.63, 3.8) is 0 Å². The number of hydrogen-bond donors (Lipinski definition) is 1. The van der Waals surface area contributed by atoms with E-state index in [4.69, 9.17) is 0 Å². The third kappa shape index (κ3) is 3.83. The molecule has 2 saturated heterocycles. The zero-order valence-electron chi connectivity index (χ0n) is 15.0. The van der Waals surface area contributed by atoms with Crippen LogP contribution in [0.5, 0.6) is 0 Å². The van der Waals surface area contributed by atoms with Gasteiger partial charge in [-0.1, -0.05) is 6.07 Å². The van der Waals surface area contributed by atoms with Crippen LogP contribution in [0.4, 0.5) is 0 Å². The van der Waals surface area contributed by atoms with E-state index >= 15 is 0 Å². The molecule has 0 spiro atoms. The van der Waals surface area contributed by atoms with E-state index in [0.29, 0.717) is 23.2 Å². The number of piperidine rings is 1. The predicted octanol–water partition coefficient (Wildman–Crippen LogP) is 1.89. The lowest BCUT2D eigenvalue weighted by Gasteiger charge is -2.35. The molecule has 1 unspecified atom stereocenters. The van der Waals surface area contributed by atoms with E-state index in [1.165, 1.54) is 28.5 Å². The quantitative estimate of drug-likeness (QED) is 0.796. The summed E-state index contributed by atoms with van der Waals surface area (Å²) in [6, 6.07) is 3.33. The van der Waals surface area contributed by atoms with Crippen LogP contribution < -0.4 is 5.32 Å². The molecule has 26 heavy (non-hydrogen) atoms. The molecule has 3 fully saturated rings. The molecule has 0 bridgehead atoms. The summed E-state index contributed by atoms with van der Waals surface area (Å²) in [5.41, 5.74) is 0. The number of nitrogens with zero attached hydrogens (tertiary/aromatic N) is 2. The highest BCUT2D eigenvalue weighted by atomic mass is 32.2. The topological polar surface area (TPSA) is 69.7 Å². The van der Waals surface area contributed by atoms with E-state index < -0.39 is 16.1 Å². The van der Waals surface area contributed by atoms with Crippen molar-refractivity contribution in [2.75, 3.05) is 26.2 Å². The van der Waals surface area contributed by atoms with Crippen molar-refractivity contribution in [2.24, 2.45) is 5.92 Å². The molecule has 6 nitrogen and oxygen atoms in total. The van der Waals surface area contributed by atoms with Gasteiger partial charge in [0.15, 0.2) is 0 Å². The molecule has 1 aliphatic carbocycles. The Morgan fingerprint density at radius 2 is 1.92 bits per heavy atom. The number of sulfonamides is 1. The molecule has 4 rings (SSSR count). The van der Waals surface area contributed by atoms with Gasteiger partial charge >= 0.3 is 0 Å². The summed E-state index contributed by atoms with van der Waals surface area (Å²) in [5.74, 6) is 0.854. The Labute approximate surface area is 159 Å². The third-order valence-corrected chi connectivity index (χ3v) is 9.03. The van der Waals surface area contributed by atoms with E-state index in [0.717, 1.165) is 44.8 Å². The summed E-state index contributed by atoms with van der Waals surface area (Å²) in [4.78, 5) is 14.9. The van der Waals surface area contributed by atoms with Crippen LogP contribution in [-0.2, 0) is 14.8 Å². The minimum absolute atomic E-state index is 0.0109. The fourth-order valence-corrected chi connectivity index (χ4v) is 6.74. The Hall–Kier alpha value is -0.960. The molecule has 3 heterocycles. The Balaban J connectivity index is 1.36. The summed E-state index contributed by atoms with van der Waals surface area (Å²) in [6.07, 6.45) is 6.00. The van der Waals surface area contributed by atoms with Crippen molar-refractivity contribution in [3.05, 3.63) is 17.5 Å². The van der Waals surface area contributed by atoms with Crippen molar-refractivity contribution >= 4 is 27.3 Å². The van der Waals surface area contributed by atoms with E-state index in [1.54, 1.807) is 17.5 Å². The molecule has 1 N–H and O–H groups in total. The lowest BCUT2D eigenvalue weighted by Crippen LogP contribution is -2.52. The van der Waals surface area contributed by atoms with Crippen LogP contribution in [0.3, 0.4) is 0 Å². The van der Waals surface area contributed by atoms with Gasteiger partial charge < -0.3 is 10.2 Å². The molecule has 1 amide bonds. The largest absolute Gasteiger partial charge is 0.341 e. The summed E-state index contributed by atoms with van der Waals surface area (Å²) in [6.45, 7) is 3.00. The van der Waals surface area contributed by atoms with Crippen LogP contribution in [0.25, 0.3) is 0 Å². The Morgan fingerprint density at radius 3 is 2.58 bits per heavy atom. The fraction of sp³-hybridized carbons (Fsp3) is 0.722. The van der Waals surface area contributed by atoms with Gasteiger partial charge in [0, 0.05) is 25.7 Å². The molecular weight excluding hydrogens is 370 g/mol. The summed E-state index contributed by atoms with van der Waals surface area (Å²) in [7, 11) is -3.56. The van der Waals surface area contributed by atoms with E-state index in [-0.39, 0.29) is 5.91 Å². The van der Waals surface area contributed by atoms with Crippen molar-refractivity contribution < 1.29 is 13.2 Å². The van der Waals surface area contributed by atoms with Crippen molar-refractivity contribution in [3.8, 4) is 0 Å². The number of rotatable bonds is 6. The van der Waals surface area contributed by atoms with Gasteiger partial charge in [-0.3, -0.25) is 4.79 Å². The molecule has 1 atom stereocenters. The average Bonchev–Trinajstić information content (AvgIpc) is 3.13. The maximum atomic E-state index is 13.0. The Bertz CT molecular complexity index is 723. The lowest BCUT2D eigenvalue weighted by atomic mass is 10.0. The Morgan fingerprint density at radius 1 is 1.15 bits per heavy atom. The normalized spacial score (nSPS) is 25.7. The number of amides is 1. The smallest absolute Gasteiger partial charge is 0.253 e. The summed E-state index contributed by atoms with van der Waals surface area (Å²) in [5, 5.41) is 5.38. The highest BCUT2D eigenvalue weighted by Gasteiger charge is 2.42. The SMILES string of the molecule is O=C(C1CCCN1S(=O)(=O)c1cccs1)N1CCC(NCC2CC2)CC1. The van der Waals surface area contributed by atoms with Crippen LogP contribution in [0.1, 0.15) is 38.5 Å². The molecule has 0 radical (unpaired) electrons. The molecular formula is C18H27N3O3S2. The zero-order valence-corrected chi connectivity index (χ0v) is 16.6. The van der Waals surface area contributed by atoms with Crippen LogP contribution in [0, 0.1) is 5.92 Å². The number of thiophene rings is 1. The number of carbonyl (C=O) groups excluding carboxylic acids is 1.